The van der Waals surface area contributed by atoms with Crippen molar-refractivity contribution in [2.45, 2.75) is 18.9 Å². The highest BCUT2D eigenvalue weighted by molar-refractivity contribution is 6.06. The van der Waals surface area contributed by atoms with Gasteiger partial charge in [0.15, 0.2) is 0 Å². The van der Waals surface area contributed by atoms with Gasteiger partial charge in [0.05, 0.1) is 11.1 Å². The maximum Gasteiger partial charge on any atom is 0.326 e. The van der Waals surface area contributed by atoms with E-state index in [9.17, 15) is 9.59 Å². The Kier molecular flexibility index (Phi) is 2.74. The van der Waals surface area contributed by atoms with Crippen LogP contribution >= 0.6 is 0 Å². The predicted molar refractivity (Wildman–Crippen MR) is 70.0 cm³/mol. The Labute approximate surface area is 109 Å². The number of fused-ring (bicyclic) bond motifs is 1. The maximum absolute atomic E-state index is 12.5. The lowest BCUT2D eigenvalue weighted by molar-refractivity contribution is -0.141. The first kappa shape index (κ1) is 11.8. The number of rotatable bonds is 2. The van der Waals surface area contributed by atoms with Gasteiger partial charge in [-0.15, -0.1) is 0 Å². The molecule has 5 heteroatoms. The molecule has 98 valence electrons. The third-order valence-corrected chi connectivity index (χ3v) is 3.62. The van der Waals surface area contributed by atoms with Crippen LogP contribution in [0.5, 0.6) is 0 Å². The van der Waals surface area contributed by atoms with Gasteiger partial charge in [-0.3, -0.25) is 4.79 Å². The van der Waals surface area contributed by atoms with Gasteiger partial charge in [0.1, 0.15) is 6.04 Å². The number of para-hydroxylation sites is 1. The van der Waals surface area contributed by atoms with Crippen molar-refractivity contribution in [3.05, 3.63) is 36.0 Å². The number of hydrogen-bond donors (Lipinski definition) is 2. The first-order valence-corrected chi connectivity index (χ1v) is 6.28. The van der Waals surface area contributed by atoms with Gasteiger partial charge < -0.3 is 15.0 Å². The molecular weight excluding hydrogens is 244 g/mol. The Bertz CT molecular complexity index is 647. The number of likely N-dealkylation sites (tertiary alicyclic amines) is 1. The molecule has 1 aromatic carbocycles. The van der Waals surface area contributed by atoms with E-state index in [2.05, 4.69) is 4.98 Å². The molecule has 0 unspecified atom stereocenters. The molecule has 0 radical (unpaired) electrons. The molecule has 1 fully saturated rings. The van der Waals surface area contributed by atoms with Crippen molar-refractivity contribution in [1.29, 1.82) is 0 Å². The Morgan fingerprint density at radius 1 is 1.32 bits per heavy atom. The van der Waals surface area contributed by atoms with Gasteiger partial charge in [0, 0.05) is 18.1 Å². The van der Waals surface area contributed by atoms with Crippen LogP contribution in [-0.2, 0) is 4.79 Å². The third-order valence-electron chi connectivity index (χ3n) is 3.62. The number of amides is 1. The lowest BCUT2D eigenvalue weighted by Crippen LogP contribution is -2.40. The summed E-state index contributed by atoms with van der Waals surface area (Å²) in [5, 5.41) is 10.1. The molecule has 1 aliphatic heterocycles. The Hall–Kier alpha value is -2.30. The molecular formula is C14H14N2O3. The lowest BCUT2D eigenvalue weighted by Gasteiger charge is -2.21. The van der Waals surface area contributed by atoms with Crippen molar-refractivity contribution in [3.63, 3.8) is 0 Å². The predicted octanol–water partition coefficient (Wildman–Crippen LogP) is 1.86. The van der Waals surface area contributed by atoms with Gasteiger partial charge in [0.25, 0.3) is 5.91 Å². The number of carbonyl (C=O) groups excluding carboxylic acids is 1. The average Bonchev–Trinajstić information content (AvgIpc) is 3.05. The highest BCUT2D eigenvalue weighted by atomic mass is 16.4. The molecule has 2 heterocycles. The quantitative estimate of drug-likeness (QED) is 0.863. The number of carboxylic acids is 1. The van der Waals surface area contributed by atoms with E-state index in [1.54, 1.807) is 12.3 Å². The van der Waals surface area contributed by atoms with Gasteiger partial charge in [0.2, 0.25) is 0 Å². The molecule has 0 spiro atoms. The van der Waals surface area contributed by atoms with Gasteiger partial charge in [-0.05, 0) is 25.0 Å². The monoisotopic (exact) mass is 258 g/mol. The molecule has 2 aromatic rings. The molecule has 1 amide bonds. The SMILES string of the molecule is O=C(O)[C@H]1CCCN1C(=O)c1cccc2cc[nH]c12. The lowest BCUT2D eigenvalue weighted by atomic mass is 10.1. The molecule has 5 nitrogen and oxygen atoms in total. The normalized spacial score (nSPS) is 18.9. The van der Waals surface area contributed by atoms with Crippen molar-refractivity contribution in [1.82, 2.24) is 9.88 Å². The second-order valence-corrected chi connectivity index (χ2v) is 4.74. The summed E-state index contributed by atoms with van der Waals surface area (Å²) in [5.41, 5.74) is 1.30. The van der Waals surface area contributed by atoms with Crippen LogP contribution in [0.1, 0.15) is 23.2 Å². The van der Waals surface area contributed by atoms with Gasteiger partial charge >= 0.3 is 5.97 Å². The summed E-state index contributed by atoms with van der Waals surface area (Å²) >= 11 is 0. The second kappa shape index (κ2) is 4.42. The van der Waals surface area contributed by atoms with E-state index < -0.39 is 12.0 Å². The fourth-order valence-electron chi connectivity index (χ4n) is 2.68. The number of hydrogen-bond acceptors (Lipinski definition) is 2. The summed E-state index contributed by atoms with van der Waals surface area (Å²) in [6.07, 6.45) is 3.05. The molecule has 1 atom stereocenters. The van der Waals surface area contributed by atoms with Crippen LogP contribution in [0, 0.1) is 0 Å². The van der Waals surface area contributed by atoms with E-state index in [0.717, 1.165) is 17.3 Å². The fourth-order valence-corrected chi connectivity index (χ4v) is 2.68. The highest BCUT2D eigenvalue weighted by Gasteiger charge is 2.34. The second-order valence-electron chi connectivity index (χ2n) is 4.74. The van der Waals surface area contributed by atoms with E-state index in [1.165, 1.54) is 4.90 Å². The van der Waals surface area contributed by atoms with Crippen molar-refractivity contribution in [3.8, 4) is 0 Å². The number of benzene rings is 1. The molecule has 1 saturated heterocycles. The maximum atomic E-state index is 12.5. The van der Waals surface area contributed by atoms with E-state index in [-0.39, 0.29) is 5.91 Å². The zero-order valence-corrected chi connectivity index (χ0v) is 10.3. The molecule has 1 aliphatic rings. The van der Waals surface area contributed by atoms with Crippen LogP contribution in [0.4, 0.5) is 0 Å². The molecule has 3 rings (SSSR count). The van der Waals surface area contributed by atoms with Crippen molar-refractivity contribution in [2.75, 3.05) is 6.54 Å². The number of carboxylic acid groups (broad SMARTS) is 1. The largest absolute Gasteiger partial charge is 0.480 e. The first-order chi connectivity index (χ1) is 9.18. The molecule has 2 N–H and O–H groups in total. The summed E-state index contributed by atoms with van der Waals surface area (Å²) in [6, 6.07) is 6.66. The Balaban J connectivity index is 2.00. The van der Waals surface area contributed by atoms with Crippen LogP contribution in [0.15, 0.2) is 30.5 Å². The molecule has 0 saturated carbocycles. The van der Waals surface area contributed by atoms with Crippen LogP contribution in [0.3, 0.4) is 0 Å². The fraction of sp³-hybridized carbons (Fsp3) is 0.286. The van der Waals surface area contributed by atoms with Crippen LogP contribution in [0.25, 0.3) is 10.9 Å². The van der Waals surface area contributed by atoms with Gasteiger partial charge in [-0.25, -0.2) is 4.79 Å². The summed E-state index contributed by atoms with van der Waals surface area (Å²) < 4.78 is 0. The number of nitrogens with zero attached hydrogens (tertiary/aromatic N) is 1. The molecule has 19 heavy (non-hydrogen) atoms. The molecule has 1 aromatic heterocycles. The summed E-state index contributed by atoms with van der Waals surface area (Å²) in [7, 11) is 0. The van der Waals surface area contributed by atoms with E-state index >= 15 is 0 Å². The third kappa shape index (κ3) is 1.87. The minimum Gasteiger partial charge on any atom is -0.480 e. The van der Waals surface area contributed by atoms with E-state index in [4.69, 9.17) is 5.11 Å². The van der Waals surface area contributed by atoms with Crippen LogP contribution in [0.2, 0.25) is 0 Å². The Morgan fingerprint density at radius 2 is 2.16 bits per heavy atom. The van der Waals surface area contributed by atoms with Crippen LogP contribution < -0.4 is 0 Å². The Morgan fingerprint density at radius 3 is 2.95 bits per heavy atom. The number of H-pyrrole nitrogens is 1. The first-order valence-electron chi connectivity index (χ1n) is 6.28. The summed E-state index contributed by atoms with van der Waals surface area (Å²) in [4.78, 5) is 28.2. The number of aromatic nitrogens is 1. The topological polar surface area (TPSA) is 73.4 Å². The van der Waals surface area contributed by atoms with Crippen molar-refractivity contribution >= 4 is 22.8 Å². The zero-order valence-electron chi connectivity index (χ0n) is 10.3. The number of aliphatic carboxylic acids is 1. The average molecular weight is 258 g/mol. The highest BCUT2D eigenvalue weighted by Crippen LogP contribution is 2.24. The molecule has 0 aliphatic carbocycles. The zero-order chi connectivity index (χ0) is 13.4. The summed E-state index contributed by atoms with van der Waals surface area (Å²) in [5.74, 6) is -1.14. The smallest absolute Gasteiger partial charge is 0.326 e. The minimum absolute atomic E-state index is 0.210. The number of nitrogens with one attached hydrogen (secondary N) is 1. The minimum atomic E-state index is -0.926. The summed E-state index contributed by atoms with van der Waals surface area (Å²) in [6.45, 7) is 0.507. The standard InChI is InChI=1S/C14H14N2O3/c17-13(16-8-2-5-11(16)14(18)19)10-4-1-3-9-6-7-15-12(9)10/h1,3-4,6-7,11,15H,2,5,8H2,(H,18,19)/t11-/m1/s1. The van der Waals surface area contributed by atoms with E-state index in [1.807, 2.05) is 18.2 Å². The van der Waals surface area contributed by atoms with E-state index in [0.29, 0.717) is 18.5 Å². The number of carbonyl (C=O) groups is 2. The van der Waals surface area contributed by atoms with Crippen molar-refractivity contribution in [2.24, 2.45) is 0 Å². The number of aromatic amines is 1. The van der Waals surface area contributed by atoms with Gasteiger partial charge in [-0.2, -0.15) is 0 Å². The van der Waals surface area contributed by atoms with Crippen molar-refractivity contribution < 1.29 is 14.7 Å². The van der Waals surface area contributed by atoms with Crippen LogP contribution in [-0.4, -0.2) is 39.5 Å². The van der Waals surface area contributed by atoms with Gasteiger partial charge in [-0.1, -0.05) is 12.1 Å². The molecule has 0 bridgehead atoms.